The molecule has 0 aliphatic heterocycles. The molecule has 1 atom stereocenters. The number of hydrogen-bond donors (Lipinski definition) is 2. The van der Waals surface area contributed by atoms with Gasteiger partial charge >= 0.3 is 0 Å². The molecule has 0 fully saturated rings. The minimum atomic E-state index is -0.462. The molecule has 0 radical (unpaired) electrons. The monoisotopic (exact) mass is 267 g/mol. The Kier molecular flexibility index (Phi) is 5.76. The lowest BCUT2D eigenvalue weighted by molar-refractivity contribution is 0.0948. The third kappa shape index (κ3) is 4.52. The number of halogens is 1. The summed E-state index contributed by atoms with van der Waals surface area (Å²) in [6.45, 7) is 5.51. The summed E-state index contributed by atoms with van der Waals surface area (Å²) >= 11 is 0. The minimum absolute atomic E-state index is 0.186. The molecule has 1 rings (SSSR count). The van der Waals surface area contributed by atoms with E-state index in [-0.39, 0.29) is 17.2 Å². The molecule has 1 amide bonds. The van der Waals surface area contributed by atoms with Crippen molar-refractivity contribution in [3.05, 3.63) is 29.6 Å². The highest BCUT2D eigenvalue weighted by Crippen LogP contribution is 2.12. The molecule has 0 aliphatic rings. The summed E-state index contributed by atoms with van der Waals surface area (Å²) in [7, 11) is 2.01. The quantitative estimate of drug-likeness (QED) is 0.774. The first kappa shape index (κ1) is 15.4. The van der Waals surface area contributed by atoms with Crippen molar-refractivity contribution in [2.75, 3.05) is 25.9 Å². The van der Waals surface area contributed by atoms with Crippen LogP contribution in [0.4, 0.5) is 10.1 Å². The molecular formula is C14H22FN3O. The van der Waals surface area contributed by atoms with Gasteiger partial charge in [-0.25, -0.2) is 4.39 Å². The maximum atomic E-state index is 13.1. The molecule has 0 saturated heterocycles. The van der Waals surface area contributed by atoms with Crippen LogP contribution in [0.15, 0.2) is 18.2 Å². The molecule has 1 aromatic rings. The molecule has 0 aromatic heterocycles. The first-order chi connectivity index (χ1) is 8.95. The average molecular weight is 267 g/mol. The van der Waals surface area contributed by atoms with Gasteiger partial charge in [-0.1, -0.05) is 6.92 Å². The maximum Gasteiger partial charge on any atom is 0.253 e. The number of hydrogen-bond acceptors (Lipinski definition) is 3. The van der Waals surface area contributed by atoms with Crippen molar-refractivity contribution in [2.45, 2.75) is 26.3 Å². The van der Waals surface area contributed by atoms with Gasteiger partial charge in [-0.3, -0.25) is 4.79 Å². The topological polar surface area (TPSA) is 58.4 Å². The SMILES string of the molecule is CCC(C)N(C)CCNC(=O)c1cc(F)ccc1N. The van der Waals surface area contributed by atoms with E-state index in [0.717, 1.165) is 19.0 Å². The Morgan fingerprint density at radius 3 is 2.84 bits per heavy atom. The second-order valence-electron chi connectivity index (χ2n) is 4.73. The number of nitrogen functional groups attached to an aromatic ring is 1. The number of likely N-dealkylation sites (N-methyl/N-ethyl adjacent to an activating group) is 1. The number of anilines is 1. The molecule has 5 heteroatoms. The highest BCUT2D eigenvalue weighted by atomic mass is 19.1. The van der Waals surface area contributed by atoms with Gasteiger partial charge in [-0.2, -0.15) is 0 Å². The van der Waals surface area contributed by atoms with E-state index in [4.69, 9.17) is 5.73 Å². The predicted octanol–water partition coefficient (Wildman–Crippen LogP) is 1.87. The number of benzene rings is 1. The van der Waals surface area contributed by atoms with Crippen LogP contribution < -0.4 is 11.1 Å². The summed E-state index contributed by atoms with van der Waals surface area (Å²) < 4.78 is 13.1. The molecule has 4 nitrogen and oxygen atoms in total. The van der Waals surface area contributed by atoms with Gasteiger partial charge in [0.25, 0.3) is 5.91 Å². The Hall–Kier alpha value is -1.62. The van der Waals surface area contributed by atoms with Crippen LogP contribution in [0.25, 0.3) is 0 Å². The van der Waals surface area contributed by atoms with Gasteiger partial charge in [0.1, 0.15) is 5.82 Å². The first-order valence-corrected chi connectivity index (χ1v) is 6.49. The van der Waals surface area contributed by atoms with E-state index in [1.54, 1.807) is 0 Å². The number of nitrogens with zero attached hydrogens (tertiary/aromatic N) is 1. The van der Waals surface area contributed by atoms with E-state index in [1.165, 1.54) is 12.1 Å². The molecular weight excluding hydrogens is 245 g/mol. The molecule has 0 aliphatic carbocycles. The second-order valence-corrected chi connectivity index (χ2v) is 4.73. The van der Waals surface area contributed by atoms with Crippen LogP contribution in [0.3, 0.4) is 0 Å². The summed E-state index contributed by atoms with van der Waals surface area (Å²) in [6, 6.07) is 4.26. The Balaban J connectivity index is 2.50. The average Bonchev–Trinajstić information content (AvgIpc) is 2.40. The Labute approximate surface area is 113 Å². The van der Waals surface area contributed by atoms with Crippen molar-refractivity contribution in [2.24, 2.45) is 0 Å². The first-order valence-electron chi connectivity index (χ1n) is 6.49. The van der Waals surface area contributed by atoms with E-state index in [0.29, 0.717) is 12.6 Å². The van der Waals surface area contributed by atoms with Gasteiger partial charge in [-0.15, -0.1) is 0 Å². The van der Waals surface area contributed by atoms with Gasteiger partial charge < -0.3 is 16.0 Å². The summed E-state index contributed by atoms with van der Waals surface area (Å²) in [5, 5.41) is 2.75. The maximum absolute atomic E-state index is 13.1. The van der Waals surface area contributed by atoms with Crippen molar-refractivity contribution < 1.29 is 9.18 Å². The molecule has 1 unspecified atom stereocenters. The third-order valence-electron chi connectivity index (χ3n) is 3.35. The smallest absolute Gasteiger partial charge is 0.253 e. The van der Waals surface area contributed by atoms with E-state index in [9.17, 15) is 9.18 Å². The van der Waals surface area contributed by atoms with Crippen LogP contribution in [0.5, 0.6) is 0 Å². The number of nitrogens with one attached hydrogen (secondary N) is 1. The standard InChI is InChI=1S/C14H22FN3O/c1-4-10(2)18(3)8-7-17-14(19)12-9-11(15)5-6-13(12)16/h5-6,9-10H,4,7-8,16H2,1-3H3,(H,17,19). The molecule has 1 aromatic carbocycles. The van der Waals surface area contributed by atoms with E-state index < -0.39 is 5.82 Å². The number of nitrogens with two attached hydrogens (primary N) is 1. The van der Waals surface area contributed by atoms with Crippen LogP contribution >= 0.6 is 0 Å². The third-order valence-corrected chi connectivity index (χ3v) is 3.35. The molecule has 0 bridgehead atoms. The largest absolute Gasteiger partial charge is 0.398 e. The van der Waals surface area contributed by atoms with Gasteiger partial charge in [0.15, 0.2) is 0 Å². The second kappa shape index (κ2) is 7.09. The van der Waals surface area contributed by atoms with Crippen LogP contribution in [-0.2, 0) is 0 Å². The number of amides is 1. The molecule has 0 saturated carbocycles. The number of rotatable bonds is 6. The molecule has 0 heterocycles. The van der Waals surface area contributed by atoms with Crippen molar-refractivity contribution in [3.63, 3.8) is 0 Å². The normalized spacial score (nSPS) is 12.5. The fraction of sp³-hybridized carbons (Fsp3) is 0.500. The van der Waals surface area contributed by atoms with Crippen LogP contribution in [-0.4, -0.2) is 37.0 Å². The Morgan fingerprint density at radius 2 is 2.21 bits per heavy atom. The van der Waals surface area contributed by atoms with Gasteiger partial charge in [0.05, 0.1) is 5.56 Å². The Bertz CT molecular complexity index is 437. The van der Waals surface area contributed by atoms with Crippen LogP contribution in [0.1, 0.15) is 30.6 Å². The van der Waals surface area contributed by atoms with Gasteiger partial charge in [0, 0.05) is 24.8 Å². The van der Waals surface area contributed by atoms with E-state index in [1.807, 2.05) is 7.05 Å². The van der Waals surface area contributed by atoms with Gasteiger partial charge in [-0.05, 0) is 38.6 Å². The molecule has 19 heavy (non-hydrogen) atoms. The minimum Gasteiger partial charge on any atom is -0.398 e. The summed E-state index contributed by atoms with van der Waals surface area (Å²) in [4.78, 5) is 14.0. The fourth-order valence-corrected chi connectivity index (χ4v) is 1.70. The zero-order valence-electron chi connectivity index (χ0n) is 11.7. The molecule has 106 valence electrons. The van der Waals surface area contributed by atoms with Crippen molar-refractivity contribution >= 4 is 11.6 Å². The summed E-state index contributed by atoms with van der Waals surface area (Å²) in [5.74, 6) is -0.800. The molecule has 0 spiro atoms. The van der Waals surface area contributed by atoms with Crippen LogP contribution in [0, 0.1) is 5.82 Å². The highest BCUT2D eigenvalue weighted by Gasteiger charge is 2.11. The lowest BCUT2D eigenvalue weighted by Crippen LogP contribution is -2.37. The van der Waals surface area contributed by atoms with Crippen LogP contribution in [0.2, 0.25) is 0 Å². The van der Waals surface area contributed by atoms with E-state index in [2.05, 4.69) is 24.1 Å². The summed E-state index contributed by atoms with van der Waals surface area (Å²) in [6.07, 6.45) is 1.06. The fourth-order valence-electron chi connectivity index (χ4n) is 1.70. The zero-order chi connectivity index (χ0) is 14.4. The molecule has 3 N–H and O–H groups in total. The Morgan fingerprint density at radius 1 is 1.53 bits per heavy atom. The lowest BCUT2D eigenvalue weighted by atomic mass is 10.1. The predicted molar refractivity (Wildman–Crippen MR) is 75.5 cm³/mol. The summed E-state index contributed by atoms with van der Waals surface area (Å²) in [5.41, 5.74) is 6.13. The zero-order valence-corrected chi connectivity index (χ0v) is 11.7. The van der Waals surface area contributed by atoms with Crippen molar-refractivity contribution in [3.8, 4) is 0 Å². The van der Waals surface area contributed by atoms with Crippen molar-refractivity contribution in [1.29, 1.82) is 0 Å². The van der Waals surface area contributed by atoms with Crippen molar-refractivity contribution in [1.82, 2.24) is 10.2 Å². The highest BCUT2D eigenvalue weighted by molar-refractivity contribution is 5.99. The lowest BCUT2D eigenvalue weighted by Gasteiger charge is -2.23. The number of carbonyl (C=O) groups is 1. The van der Waals surface area contributed by atoms with Gasteiger partial charge in [0.2, 0.25) is 0 Å². The number of carbonyl (C=O) groups excluding carboxylic acids is 1. The van der Waals surface area contributed by atoms with E-state index >= 15 is 0 Å².